The summed E-state index contributed by atoms with van der Waals surface area (Å²) >= 11 is 11.2. The van der Waals surface area contributed by atoms with Gasteiger partial charge in [-0.3, -0.25) is 0 Å². The molecule has 8 rings (SSSR count). The molecule has 0 atom stereocenters. The summed E-state index contributed by atoms with van der Waals surface area (Å²) in [6, 6.07) is 40.3. The molecule has 0 saturated carbocycles. The molecule has 0 N–H and O–H groups in total. The van der Waals surface area contributed by atoms with Gasteiger partial charge in [-0.05, 0) is 79.2 Å². The summed E-state index contributed by atoms with van der Waals surface area (Å²) in [6.07, 6.45) is 0. The lowest BCUT2D eigenvalue weighted by molar-refractivity contribution is 0.729. The summed E-state index contributed by atoms with van der Waals surface area (Å²) in [5.74, 6) is 0. The summed E-state index contributed by atoms with van der Waals surface area (Å²) in [6.45, 7) is 0. The van der Waals surface area contributed by atoms with E-state index in [4.69, 9.17) is 0 Å². The second-order valence-electron chi connectivity index (χ2n) is 9.64. The Morgan fingerprint density at radius 2 is 0.944 bits per heavy atom. The van der Waals surface area contributed by atoms with Crippen molar-refractivity contribution in [2.24, 2.45) is 0 Å². The van der Waals surface area contributed by atoms with E-state index in [1.165, 1.54) is 64.7 Å². The van der Waals surface area contributed by atoms with E-state index in [0.29, 0.717) is 0 Å². The van der Waals surface area contributed by atoms with E-state index in [9.17, 15) is 0 Å². The predicted molar refractivity (Wildman–Crippen MR) is 157 cm³/mol. The van der Waals surface area contributed by atoms with Crippen LogP contribution in [0.2, 0.25) is 0 Å². The molecule has 0 nitrogen and oxygen atoms in total. The average Bonchev–Trinajstić information content (AvgIpc) is 3.19. The van der Waals surface area contributed by atoms with E-state index in [-0.39, 0.29) is 5.41 Å². The maximum atomic E-state index is 4.63. The minimum Gasteiger partial charge on any atom is -0.143 e. The maximum absolute atomic E-state index is 4.63. The van der Waals surface area contributed by atoms with Gasteiger partial charge in [0.1, 0.15) is 0 Å². The second-order valence-corrected chi connectivity index (χ2v) is 11.7. The summed E-state index contributed by atoms with van der Waals surface area (Å²) in [4.78, 5) is 4.65. The molecule has 1 spiro atoms. The third-order valence-corrected chi connectivity index (χ3v) is 9.72. The van der Waals surface area contributed by atoms with Crippen molar-refractivity contribution in [2.45, 2.75) is 25.0 Å². The normalized spacial score (nSPS) is 14.5. The fourth-order valence-corrected chi connectivity index (χ4v) is 8.34. The van der Waals surface area contributed by atoms with Crippen molar-refractivity contribution in [3.63, 3.8) is 0 Å². The van der Waals surface area contributed by atoms with E-state index < -0.39 is 0 Å². The van der Waals surface area contributed by atoms with Crippen molar-refractivity contribution in [2.75, 3.05) is 0 Å². The van der Waals surface area contributed by atoms with E-state index in [1.54, 1.807) is 0 Å². The van der Waals surface area contributed by atoms with Gasteiger partial charge in [-0.1, -0.05) is 96.7 Å². The molecule has 0 saturated heterocycles. The highest BCUT2D eigenvalue weighted by molar-refractivity contribution is 8.00. The molecule has 0 fully saturated rings. The Kier molecular flexibility index (Phi) is 4.35. The van der Waals surface area contributed by atoms with Gasteiger partial charge in [-0.15, -0.1) is 25.3 Å². The number of hydrogen-bond donors (Lipinski definition) is 2. The van der Waals surface area contributed by atoms with Crippen LogP contribution in [0.4, 0.5) is 0 Å². The third kappa shape index (κ3) is 2.61. The molecule has 6 aromatic carbocycles. The first-order valence-electron chi connectivity index (χ1n) is 12.1. The molecule has 36 heavy (non-hydrogen) atoms. The number of fused-ring (bicyclic) bond motifs is 13. The Hall–Kier alpha value is -3.11. The molecule has 1 heterocycles. The Morgan fingerprint density at radius 1 is 0.472 bits per heavy atom. The van der Waals surface area contributed by atoms with Gasteiger partial charge in [0, 0.05) is 19.6 Å². The lowest BCUT2D eigenvalue weighted by Crippen LogP contribution is -2.32. The molecule has 1 aliphatic carbocycles. The van der Waals surface area contributed by atoms with E-state index in [0.717, 1.165) is 9.79 Å². The molecular formula is C33H20S3. The summed E-state index contributed by atoms with van der Waals surface area (Å²) in [5.41, 5.74) is 7.74. The molecule has 0 bridgehead atoms. The molecule has 0 radical (unpaired) electrons. The highest BCUT2D eigenvalue weighted by atomic mass is 32.2. The lowest BCUT2D eigenvalue weighted by atomic mass is 9.66. The lowest BCUT2D eigenvalue weighted by Gasteiger charge is -2.40. The average molecular weight is 513 g/mol. The number of hydrogen-bond acceptors (Lipinski definition) is 3. The van der Waals surface area contributed by atoms with Crippen LogP contribution in [0.25, 0.3) is 32.7 Å². The van der Waals surface area contributed by atoms with Crippen LogP contribution in [0.15, 0.2) is 129 Å². The monoisotopic (exact) mass is 512 g/mol. The van der Waals surface area contributed by atoms with E-state index >= 15 is 0 Å². The maximum Gasteiger partial charge on any atom is 0.0735 e. The molecule has 170 valence electrons. The number of thiol groups is 2. The van der Waals surface area contributed by atoms with Crippen molar-refractivity contribution in [1.82, 2.24) is 0 Å². The van der Waals surface area contributed by atoms with Gasteiger partial charge >= 0.3 is 0 Å². The molecule has 3 heteroatoms. The highest BCUT2D eigenvalue weighted by Gasteiger charge is 2.50. The zero-order chi connectivity index (χ0) is 24.0. The summed E-state index contributed by atoms with van der Waals surface area (Å²) in [7, 11) is 0. The molecule has 6 aromatic rings. The van der Waals surface area contributed by atoms with Crippen molar-refractivity contribution in [3.8, 4) is 11.1 Å². The molecule has 1 aliphatic heterocycles. The third-order valence-electron chi connectivity index (χ3n) is 7.87. The van der Waals surface area contributed by atoms with Gasteiger partial charge in [0.25, 0.3) is 0 Å². The highest BCUT2D eigenvalue weighted by Crippen LogP contribution is 2.63. The number of benzene rings is 6. The fraction of sp³-hybridized carbons (Fsp3) is 0.0303. The largest absolute Gasteiger partial charge is 0.143 e. The van der Waals surface area contributed by atoms with Crippen molar-refractivity contribution < 1.29 is 0 Å². The van der Waals surface area contributed by atoms with Gasteiger partial charge in [-0.25, -0.2) is 0 Å². The fourth-order valence-electron chi connectivity index (χ4n) is 6.45. The zero-order valence-electron chi connectivity index (χ0n) is 19.2. The number of rotatable bonds is 0. The molecule has 0 unspecified atom stereocenters. The topological polar surface area (TPSA) is 0 Å². The molecule has 0 aromatic heterocycles. The Labute approximate surface area is 225 Å². The quantitative estimate of drug-likeness (QED) is 0.191. The van der Waals surface area contributed by atoms with E-state index in [2.05, 4.69) is 134 Å². The standard InChI is InChI=1S/C33H20S3/c34-21-11-13-23-19(17-21)9-15-29-31(23)36-32-24-14-12-22(35)18-20(24)10-16-30(32)33(29)27-7-3-1-5-25(27)26-6-2-4-8-28(26)33/h1-18,34-35H. The predicted octanol–water partition coefficient (Wildman–Crippen LogP) is 9.40. The van der Waals surface area contributed by atoms with Crippen LogP contribution >= 0.6 is 37.0 Å². The van der Waals surface area contributed by atoms with Gasteiger partial charge in [-0.2, -0.15) is 0 Å². The molecule has 0 amide bonds. The van der Waals surface area contributed by atoms with Gasteiger partial charge in [0.05, 0.1) is 5.41 Å². The van der Waals surface area contributed by atoms with Crippen LogP contribution in [-0.2, 0) is 5.41 Å². The smallest absolute Gasteiger partial charge is 0.0735 e. The summed E-state index contributed by atoms with van der Waals surface area (Å²) < 4.78 is 0. The Morgan fingerprint density at radius 3 is 1.44 bits per heavy atom. The van der Waals surface area contributed by atoms with Crippen LogP contribution < -0.4 is 0 Å². The van der Waals surface area contributed by atoms with Gasteiger partial charge in [0.2, 0.25) is 0 Å². The van der Waals surface area contributed by atoms with Crippen LogP contribution in [0, 0.1) is 0 Å². The van der Waals surface area contributed by atoms with Crippen molar-refractivity contribution in [3.05, 3.63) is 131 Å². The Bertz CT molecular complexity index is 1760. The van der Waals surface area contributed by atoms with Crippen LogP contribution in [-0.4, -0.2) is 0 Å². The van der Waals surface area contributed by atoms with Crippen molar-refractivity contribution >= 4 is 58.6 Å². The van der Waals surface area contributed by atoms with Gasteiger partial charge in [0.15, 0.2) is 0 Å². The van der Waals surface area contributed by atoms with Crippen LogP contribution in [0.3, 0.4) is 0 Å². The van der Waals surface area contributed by atoms with Crippen molar-refractivity contribution in [1.29, 1.82) is 0 Å². The Balaban J connectivity index is 1.61. The summed E-state index contributed by atoms with van der Waals surface area (Å²) in [5, 5.41) is 5.02. The zero-order valence-corrected chi connectivity index (χ0v) is 21.8. The van der Waals surface area contributed by atoms with Crippen LogP contribution in [0.5, 0.6) is 0 Å². The SMILES string of the molecule is Sc1ccc2c3c(ccc2c1)C1(c2ccccc2-c2ccccc21)c1ccc2cc(S)ccc2c1S3. The first-order chi connectivity index (χ1) is 17.7. The first kappa shape index (κ1) is 21.0. The van der Waals surface area contributed by atoms with Gasteiger partial charge < -0.3 is 0 Å². The molecule has 2 aliphatic rings. The first-order valence-corrected chi connectivity index (χ1v) is 13.8. The minimum absolute atomic E-state index is 0.370. The van der Waals surface area contributed by atoms with Crippen LogP contribution in [0.1, 0.15) is 22.3 Å². The minimum atomic E-state index is -0.370. The van der Waals surface area contributed by atoms with E-state index in [1.807, 2.05) is 11.8 Å². The molecular weight excluding hydrogens is 493 g/mol. The second kappa shape index (κ2) is 7.45.